The number of aromatic nitrogens is 2. The number of hydrogen-bond acceptors (Lipinski definition) is 4. The molecular formula is C11H7ClF3N3O2S. The average molecular weight is 338 g/mol. The first-order valence-corrected chi connectivity index (χ1v) is 7.22. The quantitative estimate of drug-likeness (QED) is 0.934. The van der Waals surface area contributed by atoms with E-state index in [1.807, 2.05) is 0 Å². The Morgan fingerprint density at radius 1 is 1.10 bits per heavy atom. The molecule has 112 valence electrons. The molecule has 0 saturated carbocycles. The van der Waals surface area contributed by atoms with Gasteiger partial charge in [0.2, 0.25) is 0 Å². The molecule has 0 amide bonds. The number of rotatable bonds is 3. The summed E-state index contributed by atoms with van der Waals surface area (Å²) in [6.45, 7) is 0. The predicted molar refractivity (Wildman–Crippen MR) is 69.3 cm³/mol. The lowest BCUT2D eigenvalue weighted by atomic mass is 10.2. The van der Waals surface area contributed by atoms with E-state index in [1.54, 1.807) is 0 Å². The topological polar surface area (TPSA) is 72.0 Å². The highest BCUT2D eigenvalue weighted by molar-refractivity contribution is 7.92. The van der Waals surface area contributed by atoms with Gasteiger partial charge in [-0.1, -0.05) is 11.6 Å². The first-order chi connectivity index (χ1) is 9.68. The molecule has 5 nitrogen and oxygen atoms in total. The Labute approximate surface area is 122 Å². The maximum absolute atomic E-state index is 12.4. The second-order valence-electron chi connectivity index (χ2n) is 3.85. The third kappa shape index (κ3) is 3.82. The lowest BCUT2D eigenvalue weighted by Gasteiger charge is -2.09. The standard InChI is InChI=1S/C11H7ClF3N3O2S/c12-9-5-16-6-10(17-9)18-21(19,20)8-3-1-7(2-4-8)11(13,14)15/h1-6H,(H,17,18). The fourth-order valence-electron chi connectivity index (χ4n) is 1.41. The van der Waals surface area contributed by atoms with Gasteiger partial charge in [-0.15, -0.1) is 0 Å². The summed E-state index contributed by atoms with van der Waals surface area (Å²) in [5.41, 5.74) is -0.941. The lowest BCUT2D eigenvalue weighted by molar-refractivity contribution is -0.137. The molecule has 1 N–H and O–H groups in total. The summed E-state index contributed by atoms with van der Waals surface area (Å²) in [6.07, 6.45) is -2.21. The summed E-state index contributed by atoms with van der Waals surface area (Å²) >= 11 is 5.56. The molecule has 2 aromatic rings. The largest absolute Gasteiger partial charge is 0.416 e. The number of hydrogen-bond donors (Lipinski definition) is 1. The van der Waals surface area contributed by atoms with E-state index in [0.29, 0.717) is 12.1 Å². The van der Waals surface area contributed by atoms with Crippen molar-refractivity contribution in [2.75, 3.05) is 4.72 Å². The van der Waals surface area contributed by atoms with Crippen LogP contribution in [0.15, 0.2) is 41.6 Å². The van der Waals surface area contributed by atoms with Gasteiger partial charge in [-0.2, -0.15) is 13.2 Å². The zero-order chi connectivity index (χ0) is 15.7. The SMILES string of the molecule is O=S(=O)(Nc1cncc(Cl)n1)c1ccc(C(F)(F)F)cc1. The summed E-state index contributed by atoms with van der Waals surface area (Å²) in [5.74, 6) is -0.137. The van der Waals surface area contributed by atoms with Crippen molar-refractivity contribution in [3.05, 3.63) is 47.4 Å². The van der Waals surface area contributed by atoms with Crippen LogP contribution in [0.25, 0.3) is 0 Å². The molecular weight excluding hydrogens is 331 g/mol. The minimum absolute atomic E-state index is 0.0254. The van der Waals surface area contributed by atoms with Crippen molar-refractivity contribution in [1.29, 1.82) is 0 Å². The number of benzene rings is 1. The number of nitrogens with zero attached hydrogens (tertiary/aromatic N) is 2. The van der Waals surface area contributed by atoms with Gasteiger partial charge in [0.1, 0.15) is 5.15 Å². The van der Waals surface area contributed by atoms with Crippen LogP contribution in [0.2, 0.25) is 5.15 Å². The van der Waals surface area contributed by atoms with Gasteiger partial charge >= 0.3 is 6.18 Å². The molecule has 0 spiro atoms. The van der Waals surface area contributed by atoms with Crippen molar-refractivity contribution >= 4 is 27.4 Å². The number of sulfonamides is 1. The molecule has 0 bridgehead atoms. The highest BCUT2D eigenvalue weighted by Gasteiger charge is 2.30. The monoisotopic (exact) mass is 337 g/mol. The van der Waals surface area contributed by atoms with E-state index < -0.39 is 21.8 Å². The molecule has 10 heteroatoms. The van der Waals surface area contributed by atoms with E-state index in [0.717, 1.165) is 18.3 Å². The van der Waals surface area contributed by atoms with Gasteiger partial charge in [0.05, 0.1) is 22.9 Å². The Bertz CT molecular complexity index is 748. The summed E-state index contributed by atoms with van der Waals surface area (Å²) < 4.78 is 63.2. The van der Waals surface area contributed by atoms with E-state index in [2.05, 4.69) is 14.7 Å². The van der Waals surface area contributed by atoms with Crippen LogP contribution in [0.1, 0.15) is 5.56 Å². The van der Waals surface area contributed by atoms with E-state index in [1.165, 1.54) is 6.20 Å². The van der Waals surface area contributed by atoms with E-state index in [9.17, 15) is 21.6 Å². The number of alkyl halides is 3. The normalized spacial score (nSPS) is 12.2. The fourth-order valence-corrected chi connectivity index (χ4v) is 2.54. The Morgan fingerprint density at radius 2 is 1.71 bits per heavy atom. The minimum Gasteiger partial charge on any atom is -0.262 e. The van der Waals surface area contributed by atoms with Gasteiger partial charge in [0.15, 0.2) is 5.82 Å². The van der Waals surface area contributed by atoms with Crippen LogP contribution in [0, 0.1) is 0 Å². The van der Waals surface area contributed by atoms with Crippen LogP contribution in [-0.2, 0) is 16.2 Å². The predicted octanol–water partition coefficient (Wildman–Crippen LogP) is 2.95. The van der Waals surface area contributed by atoms with Crippen molar-refractivity contribution in [3.8, 4) is 0 Å². The fraction of sp³-hybridized carbons (Fsp3) is 0.0909. The average Bonchev–Trinajstić information content (AvgIpc) is 2.37. The van der Waals surface area contributed by atoms with Crippen LogP contribution in [0.3, 0.4) is 0 Å². The highest BCUT2D eigenvalue weighted by Crippen LogP contribution is 2.29. The molecule has 2 rings (SSSR count). The third-order valence-corrected chi connectivity index (χ3v) is 3.89. The molecule has 0 aliphatic carbocycles. The summed E-state index contributed by atoms with van der Waals surface area (Å²) in [5, 5.41) is -0.0254. The van der Waals surface area contributed by atoms with Crippen molar-refractivity contribution in [2.24, 2.45) is 0 Å². The van der Waals surface area contributed by atoms with Crippen molar-refractivity contribution in [3.63, 3.8) is 0 Å². The second-order valence-corrected chi connectivity index (χ2v) is 5.92. The molecule has 0 radical (unpaired) electrons. The molecule has 0 atom stereocenters. The number of anilines is 1. The smallest absolute Gasteiger partial charge is 0.262 e. The molecule has 1 aromatic carbocycles. The van der Waals surface area contributed by atoms with E-state index >= 15 is 0 Å². The Balaban J connectivity index is 2.28. The first-order valence-electron chi connectivity index (χ1n) is 5.36. The van der Waals surface area contributed by atoms with Crippen molar-refractivity contribution < 1.29 is 21.6 Å². The zero-order valence-corrected chi connectivity index (χ0v) is 11.7. The molecule has 0 aliphatic rings. The van der Waals surface area contributed by atoms with E-state index in [-0.39, 0.29) is 15.9 Å². The molecule has 1 aromatic heterocycles. The van der Waals surface area contributed by atoms with Gasteiger partial charge in [-0.3, -0.25) is 9.71 Å². The molecule has 0 unspecified atom stereocenters. The number of nitrogens with one attached hydrogen (secondary N) is 1. The van der Waals surface area contributed by atoms with Gasteiger partial charge in [-0.25, -0.2) is 13.4 Å². The van der Waals surface area contributed by atoms with Gasteiger partial charge < -0.3 is 0 Å². The minimum atomic E-state index is -4.53. The summed E-state index contributed by atoms with van der Waals surface area (Å²) in [7, 11) is -4.07. The van der Waals surface area contributed by atoms with Gasteiger partial charge in [0, 0.05) is 0 Å². The Kier molecular flexibility index (Phi) is 4.06. The van der Waals surface area contributed by atoms with Gasteiger partial charge in [-0.05, 0) is 24.3 Å². The van der Waals surface area contributed by atoms with Crippen LogP contribution in [-0.4, -0.2) is 18.4 Å². The first kappa shape index (κ1) is 15.5. The number of halogens is 4. The second kappa shape index (κ2) is 5.49. The van der Waals surface area contributed by atoms with E-state index in [4.69, 9.17) is 11.6 Å². The molecule has 0 aliphatic heterocycles. The van der Waals surface area contributed by atoms with Crippen LogP contribution < -0.4 is 4.72 Å². The Hall–Kier alpha value is -1.87. The Morgan fingerprint density at radius 3 is 2.24 bits per heavy atom. The molecule has 21 heavy (non-hydrogen) atoms. The van der Waals surface area contributed by atoms with Crippen molar-refractivity contribution in [2.45, 2.75) is 11.1 Å². The van der Waals surface area contributed by atoms with Crippen LogP contribution >= 0.6 is 11.6 Å². The van der Waals surface area contributed by atoms with Crippen molar-refractivity contribution in [1.82, 2.24) is 9.97 Å². The lowest BCUT2D eigenvalue weighted by Crippen LogP contribution is -2.14. The molecule has 0 fully saturated rings. The zero-order valence-electron chi connectivity index (χ0n) is 10.1. The maximum Gasteiger partial charge on any atom is 0.416 e. The molecule has 0 saturated heterocycles. The summed E-state index contributed by atoms with van der Waals surface area (Å²) in [4.78, 5) is 6.98. The summed E-state index contributed by atoms with van der Waals surface area (Å²) in [6, 6.07) is 3.06. The third-order valence-electron chi connectivity index (χ3n) is 2.34. The van der Waals surface area contributed by atoms with Gasteiger partial charge in [0.25, 0.3) is 10.0 Å². The highest BCUT2D eigenvalue weighted by atomic mass is 35.5. The molecule has 1 heterocycles. The van der Waals surface area contributed by atoms with Crippen LogP contribution in [0.5, 0.6) is 0 Å². The maximum atomic E-state index is 12.4. The van der Waals surface area contributed by atoms with Crippen LogP contribution in [0.4, 0.5) is 19.0 Å².